The molecule has 0 saturated carbocycles. The van der Waals surface area contributed by atoms with Gasteiger partial charge in [-0.15, -0.1) is 21.5 Å². The Kier molecular flexibility index (Phi) is 5.15. The van der Waals surface area contributed by atoms with Crippen molar-refractivity contribution in [2.75, 3.05) is 11.1 Å². The van der Waals surface area contributed by atoms with Crippen LogP contribution in [0.4, 0.5) is 5.69 Å². The average Bonchev–Trinajstić information content (AvgIpc) is 3.23. The molecule has 25 heavy (non-hydrogen) atoms. The van der Waals surface area contributed by atoms with Crippen molar-refractivity contribution < 1.29 is 9.59 Å². The fourth-order valence-corrected chi connectivity index (χ4v) is 3.56. The van der Waals surface area contributed by atoms with Crippen molar-refractivity contribution in [3.05, 3.63) is 47.3 Å². The minimum Gasteiger partial charge on any atom is -0.366 e. The quantitative estimate of drug-likeness (QED) is 0.646. The monoisotopic (exact) mass is 373 g/mol. The van der Waals surface area contributed by atoms with Crippen LogP contribution in [0, 0.1) is 0 Å². The van der Waals surface area contributed by atoms with Gasteiger partial charge in [0.25, 0.3) is 0 Å². The van der Waals surface area contributed by atoms with Crippen LogP contribution in [0.25, 0.3) is 10.7 Å². The number of rotatable bonds is 6. The van der Waals surface area contributed by atoms with Crippen molar-refractivity contribution in [2.45, 2.75) is 5.16 Å². The van der Waals surface area contributed by atoms with Gasteiger partial charge in [-0.25, -0.2) is 0 Å². The van der Waals surface area contributed by atoms with E-state index in [1.165, 1.54) is 11.8 Å². The number of primary amides is 1. The van der Waals surface area contributed by atoms with E-state index in [4.69, 9.17) is 5.73 Å². The first-order valence-corrected chi connectivity index (χ1v) is 9.17. The van der Waals surface area contributed by atoms with Crippen molar-refractivity contribution in [2.24, 2.45) is 12.8 Å². The molecule has 2 heterocycles. The standard InChI is InChI=1S/C16H15N5O2S2/c1-21-15(12-3-2-8-24-12)19-20-16(21)25-9-13(22)18-11-6-4-10(5-7-11)14(17)23/h2-8H,9H2,1H3,(H2,17,23)(H,18,22). The van der Waals surface area contributed by atoms with Crippen LogP contribution >= 0.6 is 23.1 Å². The molecule has 0 aliphatic rings. The summed E-state index contributed by atoms with van der Waals surface area (Å²) in [5, 5.41) is 13.7. The summed E-state index contributed by atoms with van der Waals surface area (Å²) in [5.74, 6) is 0.309. The number of amides is 2. The maximum atomic E-state index is 12.1. The average molecular weight is 373 g/mol. The molecule has 0 bridgehead atoms. The molecule has 0 fully saturated rings. The fraction of sp³-hybridized carbons (Fsp3) is 0.125. The number of thiophene rings is 1. The van der Waals surface area contributed by atoms with Crippen molar-refractivity contribution in [1.82, 2.24) is 14.8 Å². The molecule has 0 aliphatic carbocycles. The Morgan fingerprint density at radius 3 is 2.64 bits per heavy atom. The van der Waals surface area contributed by atoms with E-state index in [0.717, 1.165) is 10.7 Å². The minimum absolute atomic E-state index is 0.169. The summed E-state index contributed by atoms with van der Waals surface area (Å²) < 4.78 is 1.87. The molecule has 3 N–H and O–H groups in total. The van der Waals surface area contributed by atoms with Crippen molar-refractivity contribution >= 4 is 40.6 Å². The molecule has 0 aliphatic heterocycles. The number of nitrogens with two attached hydrogens (primary N) is 1. The van der Waals surface area contributed by atoms with Crippen molar-refractivity contribution in [1.29, 1.82) is 0 Å². The van der Waals surface area contributed by atoms with Gasteiger partial charge in [-0.2, -0.15) is 0 Å². The summed E-state index contributed by atoms with van der Waals surface area (Å²) in [4.78, 5) is 24.1. The van der Waals surface area contributed by atoms with Gasteiger partial charge in [-0.1, -0.05) is 17.8 Å². The third-order valence-electron chi connectivity index (χ3n) is 3.36. The molecule has 1 aromatic carbocycles. The summed E-state index contributed by atoms with van der Waals surface area (Å²) in [5.41, 5.74) is 6.18. The highest BCUT2D eigenvalue weighted by Crippen LogP contribution is 2.26. The number of hydrogen-bond acceptors (Lipinski definition) is 6. The molecule has 0 unspecified atom stereocenters. The predicted octanol–water partition coefficient (Wildman–Crippen LogP) is 2.37. The Labute approximate surface area is 152 Å². The van der Waals surface area contributed by atoms with E-state index >= 15 is 0 Å². The third kappa shape index (κ3) is 4.06. The molecule has 0 spiro atoms. The number of nitrogens with zero attached hydrogens (tertiary/aromatic N) is 3. The topological polar surface area (TPSA) is 103 Å². The van der Waals surface area contributed by atoms with Gasteiger partial charge >= 0.3 is 0 Å². The van der Waals surface area contributed by atoms with Gasteiger partial charge in [0, 0.05) is 18.3 Å². The van der Waals surface area contributed by atoms with Crippen LogP contribution in [0.2, 0.25) is 0 Å². The van der Waals surface area contributed by atoms with Crippen LogP contribution in [0.1, 0.15) is 10.4 Å². The van der Waals surface area contributed by atoms with Gasteiger partial charge in [0.1, 0.15) is 0 Å². The summed E-state index contributed by atoms with van der Waals surface area (Å²) in [6.45, 7) is 0. The minimum atomic E-state index is -0.503. The van der Waals surface area contributed by atoms with Gasteiger partial charge < -0.3 is 15.6 Å². The largest absolute Gasteiger partial charge is 0.366 e. The lowest BCUT2D eigenvalue weighted by molar-refractivity contribution is -0.113. The second-order valence-corrected chi connectivity index (χ2v) is 7.01. The number of nitrogens with one attached hydrogen (secondary N) is 1. The summed E-state index contributed by atoms with van der Waals surface area (Å²) in [6, 6.07) is 10.4. The molecular formula is C16H15N5O2S2. The van der Waals surface area contributed by atoms with Crippen molar-refractivity contribution in [3.63, 3.8) is 0 Å². The van der Waals surface area contributed by atoms with Crippen molar-refractivity contribution in [3.8, 4) is 10.7 Å². The lowest BCUT2D eigenvalue weighted by atomic mass is 10.2. The molecule has 0 atom stereocenters. The van der Waals surface area contributed by atoms with Crippen LogP contribution in [-0.2, 0) is 11.8 Å². The molecule has 2 aromatic heterocycles. The Morgan fingerprint density at radius 2 is 2.00 bits per heavy atom. The van der Waals surface area contributed by atoms with Gasteiger partial charge in [0.05, 0.1) is 10.6 Å². The van der Waals surface area contributed by atoms with E-state index < -0.39 is 5.91 Å². The number of carbonyl (C=O) groups excluding carboxylic acids is 2. The van der Waals surface area contributed by atoms with Crippen LogP contribution in [0.15, 0.2) is 46.9 Å². The van der Waals surface area contributed by atoms with E-state index in [-0.39, 0.29) is 11.7 Å². The summed E-state index contributed by atoms with van der Waals surface area (Å²) in [7, 11) is 1.87. The molecule has 3 rings (SSSR count). The second-order valence-electron chi connectivity index (χ2n) is 5.12. The maximum absolute atomic E-state index is 12.1. The zero-order valence-corrected chi connectivity index (χ0v) is 14.9. The van der Waals surface area contributed by atoms with Crippen LogP contribution in [0.3, 0.4) is 0 Å². The Bertz CT molecular complexity index is 888. The Morgan fingerprint density at radius 1 is 1.24 bits per heavy atom. The Hall–Kier alpha value is -2.65. The SMILES string of the molecule is Cn1c(SCC(=O)Nc2ccc(C(N)=O)cc2)nnc1-c1cccs1. The number of thioether (sulfide) groups is 1. The second kappa shape index (κ2) is 7.49. The number of hydrogen-bond donors (Lipinski definition) is 2. The van der Waals surface area contributed by atoms with Gasteiger partial charge in [0.15, 0.2) is 11.0 Å². The predicted molar refractivity (Wildman–Crippen MR) is 98.6 cm³/mol. The summed E-state index contributed by atoms with van der Waals surface area (Å²) in [6.07, 6.45) is 0. The van der Waals surface area contributed by atoms with Gasteiger partial charge in [0.2, 0.25) is 11.8 Å². The van der Waals surface area contributed by atoms with Crippen LogP contribution < -0.4 is 11.1 Å². The zero-order valence-electron chi connectivity index (χ0n) is 13.3. The molecular weight excluding hydrogens is 358 g/mol. The van der Waals surface area contributed by atoms with Gasteiger partial charge in [-0.3, -0.25) is 9.59 Å². The summed E-state index contributed by atoms with van der Waals surface area (Å²) >= 11 is 2.90. The molecule has 0 radical (unpaired) electrons. The third-order valence-corrected chi connectivity index (χ3v) is 5.25. The first-order chi connectivity index (χ1) is 12.0. The molecule has 9 heteroatoms. The lowest BCUT2D eigenvalue weighted by Gasteiger charge is -2.06. The van der Waals surface area contributed by atoms with E-state index in [2.05, 4.69) is 15.5 Å². The van der Waals surface area contributed by atoms with Crippen LogP contribution in [-0.4, -0.2) is 32.3 Å². The zero-order chi connectivity index (χ0) is 17.8. The molecule has 2 amide bonds. The molecule has 128 valence electrons. The number of aromatic nitrogens is 3. The maximum Gasteiger partial charge on any atom is 0.248 e. The highest BCUT2D eigenvalue weighted by Gasteiger charge is 2.13. The van der Waals surface area contributed by atoms with E-state index in [0.29, 0.717) is 16.4 Å². The highest BCUT2D eigenvalue weighted by atomic mass is 32.2. The molecule has 7 nitrogen and oxygen atoms in total. The Balaban J connectivity index is 1.58. The first-order valence-electron chi connectivity index (χ1n) is 7.30. The molecule has 3 aromatic rings. The fourth-order valence-electron chi connectivity index (χ4n) is 2.11. The lowest BCUT2D eigenvalue weighted by Crippen LogP contribution is -2.15. The number of anilines is 1. The smallest absolute Gasteiger partial charge is 0.248 e. The van der Waals surface area contributed by atoms with Crippen LogP contribution in [0.5, 0.6) is 0 Å². The number of benzene rings is 1. The highest BCUT2D eigenvalue weighted by molar-refractivity contribution is 7.99. The normalized spacial score (nSPS) is 10.6. The first kappa shape index (κ1) is 17.2. The molecule has 0 saturated heterocycles. The van der Waals surface area contributed by atoms with E-state index in [1.807, 2.05) is 29.1 Å². The van der Waals surface area contributed by atoms with E-state index in [9.17, 15) is 9.59 Å². The van der Waals surface area contributed by atoms with E-state index in [1.54, 1.807) is 35.6 Å². The van der Waals surface area contributed by atoms with Gasteiger partial charge in [-0.05, 0) is 35.7 Å². The number of carbonyl (C=O) groups is 2.